The van der Waals surface area contributed by atoms with Crippen LogP contribution in [0.5, 0.6) is 11.5 Å². The van der Waals surface area contributed by atoms with Gasteiger partial charge >= 0.3 is 12.3 Å². The van der Waals surface area contributed by atoms with E-state index < -0.39 is 12.3 Å². The minimum Gasteiger partial charge on any atom is -0.437 e. The summed E-state index contributed by atoms with van der Waals surface area (Å²) in [4.78, 5) is 25.5. The fourth-order valence-electron chi connectivity index (χ4n) is 7.91. The highest BCUT2D eigenvalue weighted by atomic mass is 16.7. The van der Waals surface area contributed by atoms with Crippen molar-refractivity contribution in [3.63, 3.8) is 0 Å². The number of unbranched alkanes of at least 4 members (excludes halogenated alkanes) is 10. The third-order valence-corrected chi connectivity index (χ3v) is 10.7. The van der Waals surface area contributed by atoms with Gasteiger partial charge in [0.2, 0.25) is 0 Å². The van der Waals surface area contributed by atoms with E-state index in [1.165, 1.54) is 89.6 Å². The number of carbonyl (C=O) groups is 2. The fourth-order valence-corrected chi connectivity index (χ4v) is 7.91. The Morgan fingerprint density at radius 3 is 1.17 bits per heavy atom. The molecule has 0 amide bonds. The zero-order valence-electron chi connectivity index (χ0n) is 32.4. The van der Waals surface area contributed by atoms with Crippen LogP contribution in [0.25, 0.3) is 54.2 Å². The minimum atomic E-state index is -0.759. The maximum atomic E-state index is 12.7. The summed E-state index contributed by atoms with van der Waals surface area (Å²) in [5.41, 5.74) is 4.57. The van der Waals surface area contributed by atoms with Crippen molar-refractivity contribution in [3.8, 4) is 22.6 Å². The van der Waals surface area contributed by atoms with Gasteiger partial charge in [0.1, 0.15) is 11.5 Å². The second-order valence-corrected chi connectivity index (χ2v) is 14.4. The maximum Gasteiger partial charge on any atom is 0.513 e. The predicted molar refractivity (Wildman–Crippen MR) is 222 cm³/mol. The Kier molecular flexibility index (Phi) is 13.4. The standard InChI is InChI=1S/C48H54O6/c1-5-7-9-11-13-15-21-33-27-29-39-41(31-33)43(35-23-17-19-25-37(35)45(39)53-47(49)51-3)44-36-24-18-20-26-38(36)46(54-48(50)52-4)40-30-28-34(32-42(40)44)22-16-14-12-10-8-6-2/h17-20,23-32H,5-16,21-22H2,1-4H3. The lowest BCUT2D eigenvalue weighted by atomic mass is 9.84. The lowest BCUT2D eigenvalue weighted by Gasteiger charge is -2.22. The molecule has 0 aliphatic rings. The van der Waals surface area contributed by atoms with Crippen LogP contribution in [0.2, 0.25) is 0 Å². The van der Waals surface area contributed by atoms with Crippen molar-refractivity contribution < 1.29 is 28.5 Å². The Morgan fingerprint density at radius 1 is 0.426 bits per heavy atom. The van der Waals surface area contributed by atoms with E-state index in [2.05, 4.69) is 62.4 Å². The van der Waals surface area contributed by atoms with E-state index in [-0.39, 0.29) is 0 Å². The van der Waals surface area contributed by atoms with E-state index in [4.69, 9.17) is 18.9 Å². The number of carbonyl (C=O) groups excluding carboxylic acids is 2. The fraction of sp³-hybridized carbons (Fsp3) is 0.375. The summed E-state index contributed by atoms with van der Waals surface area (Å²) in [6.45, 7) is 4.49. The molecule has 6 nitrogen and oxygen atoms in total. The van der Waals surface area contributed by atoms with E-state index in [9.17, 15) is 9.59 Å². The van der Waals surface area contributed by atoms with Gasteiger partial charge in [0.05, 0.1) is 14.2 Å². The molecule has 0 spiro atoms. The molecule has 282 valence electrons. The van der Waals surface area contributed by atoms with Gasteiger partial charge in [-0.1, -0.05) is 163 Å². The van der Waals surface area contributed by atoms with Crippen molar-refractivity contribution in [3.05, 3.63) is 96.1 Å². The molecular weight excluding hydrogens is 673 g/mol. The number of ether oxygens (including phenoxy) is 4. The highest BCUT2D eigenvalue weighted by Crippen LogP contribution is 2.50. The van der Waals surface area contributed by atoms with E-state index in [1.807, 2.05) is 36.4 Å². The van der Waals surface area contributed by atoms with Gasteiger partial charge in [0, 0.05) is 21.5 Å². The van der Waals surface area contributed by atoms with Gasteiger partial charge in [-0.3, -0.25) is 0 Å². The Hall–Kier alpha value is -5.10. The van der Waals surface area contributed by atoms with E-state index in [1.54, 1.807) is 0 Å². The van der Waals surface area contributed by atoms with Gasteiger partial charge in [-0.05, 0) is 69.5 Å². The molecule has 54 heavy (non-hydrogen) atoms. The van der Waals surface area contributed by atoms with Crippen LogP contribution in [-0.2, 0) is 22.3 Å². The number of benzene rings is 6. The number of hydrogen-bond donors (Lipinski definition) is 0. The van der Waals surface area contributed by atoms with Gasteiger partial charge in [-0.2, -0.15) is 0 Å². The molecule has 6 aromatic rings. The van der Waals surface area contributed by atoms with Gasteiger partial charge in [0.25, 0.3) is 0 Å². The predicted octanol–water partition coefficient (Wildman–Crippen LogP) is 14.1. The lowest BCUT2D eigenvalue weighted by Crippen LogP contribution is -2.09. The highest BCUT2D eigenvalue weighted by Gasteiger charge is 2.25. The molecule has 0 aromatic heterocycles. The van der Waals surface area contributed by atoms with Crippen molar-refractivity contribution >= 4 is 55.4 Å². The lowest BCUT2D eigenvalue weighted by molar-refractivity contribution is 0.121. The molecule has 0 aliphatic heterocycles. The van der Waals surface area contributed by atoms with Crippen LogP contribution < -0.4 is 9.47 Å². The maximum absolute atomic E-state index is 12.7. The third-order valence-electron chi connectivity index (χ3n) is 10.7. The number of aryl methyl sites for hydroxylation is 2. The molecule has 0 unspecified atom stereocenters. The normalized spacial score (nSPS) is 11.4. The third kappa shape index (κ3) is 8.65. The van der Waals surface area contributed by atoms with Crippen molar-refractivity contribution in [2.75, 3.05) is 14.2 Å². The average Bonchev–Trinajstić information content (AvgIpc) is 3.20. The highest BCUT2D eigenvalue weighted by molar-refractivity contribution is 6.27. The quantitative estimate of drug-likeness (QED) is 0.0403. The summed E-state index contributed by atoms with van der Waals surface area (Å²) < 4.78 is 22.0. The monoisotopic (exact) mass is 726 g/mol. The minimum absolute atomic E-state index is 0.477. The SMILES string of the molecule is CCCCCCCCc1ccc2c(OC(=O)OC)c3ccccc3c(-c3c4ccccc4c(OC(=O)OC)c4ccc(CCCCCCCC)cc34)c2c1. The molecule has 0 bridgehead atoms. The molecule has 0 atom stereocenters. The van der Waals surface area contributed by atoms with Crippen LogP contribution in [0.1, 0.15) is 102 Å². The number of methoxy groups -OCH3 is 2. The topological polar surface area (TPSA) is 71.1 Å². The molecule has 0 aliphatic carbocycles. The summed E-state index contributed by atoms with van der Waals surface area (Å²) >= 11 is 0. The Morgan fingerprint density at radius 2 is 0.778 bits per heavy atom. The van der Waals surface area contributed by atoms with Gasteiger partial charge in [-0.25, -0.2) is 9.59 Å². The first-order chi connectivity index (χ1) is 26.5. The Bertz CT molecular complexity index is 2080. The summed E-state index contributed by atoms with van der Waals surface area (Å²) in [5, 5.41) is 7.17. The van der Waals surface area contributed by atoms with E-state index in [0.29, 0.717) is 11.5 Å². The average molecular weight is 727 g/mol. The van der Waals surface area contributed by atoms with Crippen LogP contribution in [0.4, 0.5) is 9.59 Å². The molecule has 6 heteroatoms. The summed E-state index contributed by atoms with van der Waals surface area (Å²) in [7, 11) is 2.66. The first-order valence-electron chi connectivity index (χ1n) is 20.0. The summed E-state index contributed by atoms with van der Waals surface area (Å²) in [6, 6.07) is 29.3. The molecule has 0 fully saturated rings. The molecular formula is C48H54O6. The summed E-state index contributed by atoms with van der Waals surface area (Å²) in [5.74, 6) is 0.954. The second-order valence-electron chi connectivity index (χ2n) is 14.4. The smallest absolute Gasteiger partial charge is 0.437 e. The van der Waals surface area contributed by atoms with Gasteiger partial charge in [0.15, 0.2) is 0 Å². The molecule has 0 heterocycles. The molecule has 0 saturated heterocycles. The van der Waals surface area contributed by atoms with Crippen molar-refractivity contribution in [2.45, 2.75) is 104 Å². The number of fused-ring (bicyclic) bond motifs is 4. The second kappa shape index (κ2) is 18.8. The Balaban J connectivity index is 1.63. The van der Waals surface area contributed by atoms with Crippen LogP contribution >= 0.6 is 0 Å². The molecule has 0 radical (unpaired) electrons. The van der Waals surface area contributed by atoms with E-state index >= 15 is 0 Å². The van der Waals surface area contributed by atoms with Crippen LogP contribution in [-0.4, -0.2) is 26.5 Å². The summed E-state index contributed by atoms with van der Waals surface area (Å²) in [6.07, 6.45) is 15.1. The van der Waals surface area contributed by atoms with Crippen molar-refractivity contribution in [2.24, 2.45) is 0 Å². The van der Waals surface area contributed by atoms with Crippen molar-refractivity contribution in [1.29, 1.82) is 0 Å². The number of hydrogen-bond acceptors (Lipinski definition) is 6. The number of rotatable bonds is 17. The molecule has 0 N–H and O–H groups in total. The first kappa shape index (κ1) is 38.6. The van der Waals surface area contributed by atoms with Gasteiger partial charge in [-0.15, -0.1) is 0 Å². The first-order valence-corrected chi connectivity index (χ1v) is 20.0. The largest absolute Gasteiger partial charge is 0.513 e. The van der Waals surface area contributed by atoms with Crippen LogP contribution in [0.15, 0.2) is 84.9 Å². The molecule has 0 saturated carbocycles. The molecule has 6 rings (SSSR count). The van der Waals surface area contributed by atoms with Gasteiger partial charge < -0.3 is 18.9 Å². The van der Waals surface area contributed by atoms with Crippen molar-refractivity contribution in [1.82, 2.24) is 0 Å². The Labute approximate surface area is 319 Å². The van der Waals surface area contributed by atoms with Crippen LogP contribution in [0.3, 0.4) is 0 Å². The van der Waals surface area contributed by atoms with Crippen LogP contribution in [0, 0.1) is 0 Å². The zero-order chi connectivity index (χ0) is 37.9. The molecule has 6 aromatic carbocycles. The van der Waals surface area contributed by atoms with E-state index in [0.717, 1.165) is 79.9 Å². The zero-order valence-corrected chi connectivity index (χ0v) is 32.4.